The predicted octanol–water partition coefficient (Wildman–Crippen LogP) is 3.92. The normalized spacial score (nSPS) is 12.1. The van der Waals surface area contributed by atoms with Crippen LogP contribution in [-0.2, 0) is 9.53 Å². The Bertz CT molecular complexity index is 922. The number of carbonyl (C=O) groups is 2. The molecule has 30 heavy (non-hydrogen) atoms. The van der Waals surface area contributed by atoms with Crippen molar-refractivity contribution >= 4 is 18.1 Å². The molecule has 0 atom stereocenters. The lowest BCUT2D eigenvalue weighted by Crippen LogP contribution is -2.51. The fourth-order valence-electron chi connectivity index (χ4n) is 2.90. The molecule has 0 aliphatic heterocycles. The Morgan fingerprint density at radius 3 is 2.33 bits per heavy atom. The molecular weight excluding hydrogens is 380 g/mol. The number of hydrogen-bond acceptors (Lipinski definition) is 4. The van der Waals surface area contributed by atoms with Crippen LogP contribution in [0.2, 0.25) is 0 Å². The van der Waals surface area contributed by atoms with Crippen molar-refractivity contribution in [2.75, 3.05) is 6.54 Å². The second-order valence-electron chi connectivity index (χ2n) is 8.89. The number of alkyl carbamates (subject to hydrolysis) is 1. The molecule has 1 heterocycles. The summed E-state index contributed by atoms with van der Waals surface area (Å²) in [5.41, 5.74) is 2.45. The molecule has 162 valence electrons. The summed E-state index contributed by atoms with van der Waals surface area (Å²) >= 11 is 0. The van der Waals surface area contributed by atoms with Crippen molar-refractivity contribution in [1.82, 2.24) is 20.4 Å². The van der Waals surface area contributed by atoms with Gasteiger partial charge in [0.1, 0.15) is 5.60 Å². The molecular formula is C23H32N4O3. The largest absolute Gasteiger partial charge is 0.444 e. The van der Waals surface area contributed by atoms with E-state index in [1.807, 2.05) is 62.7 Å². The maximum atomic E-state index is 12.4. The van der Waals surface area contributed by atoms with Gasteiger partial charge >= 0.3 is 6.09 Å². The second kappa shape index (κ2) is 9.15. The van der Waals surface area contributed by atoms with Gasteiger partial charge in [-0.1, -0.05) is 18.2 Å². The number of para-hydroxylation sites is 1. The van der Waals surface area contributed by atoms with Crippen LogP contribution in [0.4, 0.5) is 4.79 Å². The highest BCUT2D eigenvalue weighted by Gasteiger charge is 2.23. The fraction of sp³-hybridized carbons (Fsp3) is 0.435. The number of carbonyl (C=O) groups excluding carboxylic acids is 2. The van der Waals surface area contributed by atoms with Crippen LogP contribution in [0.15, 0.2) is 36.4 Å². The Hall–Kier alpha value is -3.09. The lowest BCUT2D eigenvalue weighted by molar-refractivity contribution is -0.117. The number of aryl methyl sites for hydroxylation is 1. The summed E-state index contributed by atoms with van der Waals surface area (Å²) in [6, 6.07) is 9.85. The summed E-state index contributed by atoms with van der Waals surface area (Å²) in [6.07, 6.45) is 2.74. The van der Waals surface area contributed by atoms with Crippen molar-refractivity contribution in [2.24, 2.45) is 0 Å². The van der Waals surface area contributed by atoms with E-state index in [4.69, 9.17) is 4.74 Å². The second-order valence-corrected chi connectivity index (χ2v) is 8.89. The van der Waals surface area contributed by atoms with Gasteiger partial charge in [0.15, 0.2) is 0 Å². The molecule has 0 unspecified atom stereocenters. The van der Waals surface area contributed by atoms with Gasteiger partial charge in [-0.3, -0.25) is 4.79 Å². The topological polar surface area (TPSA) is 85.3 Å². The van der Waals surface area contributed by atoms with Crippen LogP contribution in [0.3, 0.4) is 0 Å². The van der Waals surface area contributed by atoms with E-state index in [0.29, 0.717) is 0 Å². The molecule has 0 aliphatic carbocycles. The van der Waals surface area contributed by atoms with Crippen LogP contribution in [0.25, 0.3) is 11.8 Å². The summed E-state index contributed by atoms with van der Waals surface area (Å²) in [5, 5.41) is 10.2. The molecule has 2 rings (SSSR count). The highest BCUT2D eigenvalue weighted by Crippen LogP contribution is 2.19. The first kappa shape index (κ1) is 23.2. The number of nitrogens with zero attached hydrogens (tertiary/aromatic N) is 2. The van der Waals surface area contributed by atoms with Gasteiger partial charge in [-0.2, -0.15) is 5.10 Å². The summed E-state index contributed by atoms with van der Waals surface area (Å²) in [5.74, 6) is -0.253. The van der Waals surface area contributed by atoms with E-state index in [1.165, 1.54) is 6.08 Å². The van der Waals surface area contributed by atoms with E-state index >= 15 is 0 Å². The molecule has 7 heteroatoms. The third-order valence-corrected chi connectivity index (χ3v) is 4.28. The minimum Gasteiger partial charge on any atom is -0.444 e. The first-order valence-electron chi connectivity index (χ1n) is 9.97. The predicted molar refractivity (Wildman–Crippen MR) is 119 cm³/mol. The summed E-state index contributed by atoms with van der Waals surface area (Å²) < 4.78 is 7.09. The number of ether oxygens (including phenoxy) is 1. The minimum atomic E-state index is -0.642. The summed E-state index contributed by atoms with van der Waals surface area (Å²) in [6.45, 7) is 13.2. The van der Waals surface area contributed by atoms with E-state index in [9.17, 15) is 9.59 Å². The highest BCUT2D eigenvalue weighted by atomic mass is 16.6. The minimum absolute atomic E-state index is 0.242. The Morgan fingerprint density at radius 2 is 1.73 bits per heavy atom. The zero-order valence-corrected chi connectivity index (χ0v) is 18.9. The lowest BCUT2D eigenvalue weighted by Gasteiger charge is -2.27. The van der Waals surface area contributed by atoms with Crippen LogP contribution >= 0.6 is 0 Å². The van der Waals surface area contributed by atoms with E-state index in [-0.39, 0.29) is 12.5 Å². The van der Waals surface area contributed by atoms with Gasteiger partial charge in [0, 0.05) is 23.9 Å². The van der Waals surface area contributed by atoms with E-state index in [2.05, 4.69) is 15.7 Å². The lowest BCUT2D eigenvalue weighted by atomic mass is 10.1. The maximum Gasteiger partial charge on any atom is 0.407 e. The zero-order chi connectivity index (χ0) is 22.5. The Morgan fingerprint density at radius 1 is 1.10 bits per heavy atom. The number of rotatable bonds is 6. The molecule has 0 radical (unpaired) electrons. The summed E-state index contributed by atoms with van der Waals surface area (Å²) in [4.78, 5) is 24.3. The molecule has 0 aliphatic rings. The molecule has 2 aromatic rings. The van der Waals surface area contributed by atoms with E-state index < -0.39 is 17.2 Å². The van der Waals surface area contributed by atoms with E-state index in [0.717, 1.165) is 22.6 Å². The number of hydrogen-bond donors (Lipinski definition) is 2. The SMILES string of the molecule is Cc1nn(-c2ccccc2)c(C)c1C=CC(=O)NC(C)(C)CNC(=O)OC(C)(C)C. The van der Waals surface area contributed by atoms with Crippen molar-refractivity contribution in [3.63, 3.8) is 0 Å². The molecule has 0 saturated carbocycles. The molecule has 0 saturated heterocycles. The molecule has 1 aromatic heterocycles. The van der Waals surface area contributed by atoms with Gasteiger partial charge in [0.05, 0.1) is 16.9 Å². The van der Waals surface area contributed by atoms with Gasteiger partial charge in [-0.25, -0.2) is 9.48 Å². The highest BCUT2D eigenvalue weighted by molar-refractivity contribution is 5.92. The van der Waals surface area contributed by atoms with Crippen molar-refractivity contribution in [1.29, 1.82) is 0 Å². The Labute approximate surface area is 178 Å². The quantitative estimate of drug-likeness (QED) is 0.704. The van der Waals surface area contributed by atoms with E-state index in [1.54, 1.807) is 26.8 Å². The third kappa shape index (κ3) is 6.76. The number of benzene rings is 1. The van der Waals surface area contributed by atoms with Crippen molar-refractivity contribution in [3.8, 4) is 5.69 Å². The van der Waals surface area contributed by atoms with Gasteiger partial charge in [-0.05, 0) is 66.7 Å². The Kier molecular flexibility index (Phi) is 7.08. The average molecular weight is 413 g/mol. The van der Waals surface area contributed by atoms with Crippen molar-refractivity contribution in [3.05, 3.63) is 53.4 Å². The zero-order valence-electron chi connectivity index (χ0n) is 18.9. The third-order valence-electron chi connectivity index (χ3n) is 4.28. The van der Waals surface area contributed by atoms with Crippen LogP contribution in [0, 0.1) is 13.8 Å². The van der Waals surface area contributed by atoms with Crippen LogP contribution in [-0.4, -0.2) is 39.5 Å². The van der Waals surface area contributed by atoms with Crippen molar-refractivity contribution < 1.29 is 14.3 Å². The van der Waals surface area contributed by atoms with Crippen LogP contribution in [0.5, 0.6) is 0 Å². The number of amides is 2. The van der Waals surface area contributed by atoms with Gasteiger partial charge < -0.3 is 15.4 Å². The molecule has 2 N–H and O–H groups in total. The fourth-order valence-corrected chi connectivity index (χ4v) is 2.90. The van der Waals surface area contributed by atoms with Crippen molar-refractivity contribution in [2.45, 2.75) is 59.6 Å². The molecule has 7 nitrogen and oxygen atoms in total. The molecule has 0 spiro atoms. The molecule has 0 fully saturated rings. The monoisotopic (exact) mass is 412 g/mol. The van der Waals surface area contributed by atoms with Gasteiger partial charge in [0.25, 0.3) is 0 Å². The van der Waals surface area contributed by atoms with Crippen LogP contribution < -0.4 is 10.6 Å². The molecule has 1 aromatic carbocycles. The maximum absolute atomic E-state index is 12.4. The average Bonchev–Trinajstić information content (AvgIpc) is 2.91. The van der Waals surface area contributed by atoms with Crippen LogP contribution in [0.1, 0.15) is 51.6 Å². The smallest absolute Gasteiger partial charge is 0.407 e. The number of aromatic nitrogens is 2. The summed E-state index contributed by atoms with van der Waals surface area (Å²) in [7, 11) is 0. The molecule has 2 amide bonds. The number of nitrogens with one attached hydrogen (secondary N) is 2. The standard InChI is InChI=1S/C23H32N4O3/c1-16-19(17(2)27(26-16)18-11-9-8-10-12-18)13-14-20(28)25-23(6,7)15-24-21(29)30-22(3,4)5/h8-14H,15H2,1-7H3,(H,24,29)(H,25,28). The molecule has 0 bridgehead atoms. The van der Waals surface area contributed by atoms with Gasteiger partial charge in [0.2, 0.25) is 5.91 Å². The first-order chi connectivity index (χ1) is 13.9. The van der Waals surface area contributed by atoms with Gasteiger partial charge in [-0.15, -0.1) is 0 Å². The Balaban J connectivity index is 2.01. The first-order valence-corrected chi connectivity index (χ1v) is 9.97.